The molecule has 0 aliphatic carbocycles. The smallest absolute Gasteiger partial charge is 0.321 e. The first kappa shape index (κ1) is 15.8. The molecule has 2 atom stereocenters. The molecular formula is C15H20ClN3O2. The molecule has 0 saturated carbocycles. The number of imide groups is 1. The highest BCUT2D eigenvalue weighted by molar-refractivity contribution is 6.30. The van der Waals surface area contributed by atoms with Crippen LogP contribution in [0.25, 0.3) is 0 Å². The number of hydrogen-bond acceptors (Lipinski definition) is 3. The summed E-state index contributed by atoms with van der Waals surface area (Å²) in [4.78, 5) is 25.5. The Bertz CT molecular complexity index is 518. The summed E-state index contributed by atoms with van der Waals surface area (Å²) in [6.45, 7) is 4.96. The summed E-state index contributed by atoms with van der Waals surface area (Å²) in [6.07, 6.45) is 1.00. The molecule has 0 radical (unpaired) electrons. The summed E-state index contributed by atoms with van der Waals surface area (Å²) in [5.41, 5.74) is 1.14. The topological polar surface area (TPSA) is 61.4 Å². The third-order valence-electron chi connectivity index (χ3n) is 3.77. The Morgan fingerprint density at radius 1 is 1.38 bits per heavy atom. The van der Waals surface area contributed by atoms with Gasteiger partial charge in [0.25, 0.3) is 0 Å². The van der Waals surface area contributed by atoms with Crippen LogP contribution in [-0.2, 0) is 4.79 Å². The maximum Gasteiger partial charge on any atom is 0.321 e. The average Bonchev–Trinajstić information content (AvgIpc) is 2.40. The molecule has 1 aliphatic rings. The average molecular weight is 310 g/mol. The monoisotopic (exact) mass is 309 g/mol. The van der Waals surface area contributed by atoms with E-state index < -0.39 is 6.03 Å². The number of hydrogen-bond donors (Lipinski definition) is 2. The lowest BCUT2D eigenvalue weighted by Gasteiger charge is -2.44. The summed E-state index contributed by atoms with van der Waals surface area (Å²) in [7, 11) is 0. The van der Waals surface area contributed by atoms with E-state index in [4.69, 9.17) is 11.6 Å². The summed E-state index contributed by atoms with van der Waals surface area (Å²) >= 11 is 5.89. The predicted molar refractivity (Wildman–Crippen MR) is 82.2 cm³/mol. The van der Waals surface area contributed by atoms with Crippen LogP contribution in [0.5, 0.6) is 0 Å². The SMILES string of the molecule is CCNC(=O)NC(=O)[C@H](C)N1CC[C@H]1c1ccc(Cl)cc1. The quantitative estimate of drug-likeness (QED) is 0.897. The second kappa shape index (κ2) is 6.91. The van der Waals surface area contributed by atoms with Crippen molar-refractivity contribution in [1.82, 2.24) is 15.5 Å². The van der Waals surface area contributed by atoms with Gasteiger partial charge in [-0.05, 0) is 38.0 Å². The molecule has 1 fully saturated rings. The van der Waals surface area contributed by atoms with E-state index in [1.807, 2.05) is 31.2 Å². The van der Waals surface area contributed by atoms with Gasteiger partial charge in [0.05, 0.1) is 6.04 Å². The Hall–Kier alpha value is -1.59. The molecule has 6 heteroatoms. The predicted octanol–water partition coefficient (Wildman–Crippen LogP) is 2.32. The van der Waals surface area contributed by atoms with Crippen LogP contribution in [0.1, 0.15) is 31.9 Å². The standard InChI is InChI=1S/C15H20ClN3O2/c1-3-17-15(21)18-14(20)10(2)19-9-8-13(19)11-4-6-12(16)7-5-11/h4-7,10,13H,3,8-9H2,1-2H3,(H2,17,18,20,21)/t10-,13-/m0/s1. The number of carbonyl (C=O) groups is 2. The minimum absolute atomic E-state index is 0.206. The van der Waals surface area contributed by atoms with Gasteiger partial charge in [-0.25, -0.2) is 4.79 Å². The molecule has 21 heavy (non-hydrogen) atoms. The zero-order valence-corrected chi connectivity index (χ0v) is 13.0. The zero-order valence-electron chi connectivity index (χ0n) is 12.2. The van der Waals surface area contributed by atoms with Crippen LogP contribution in [0.15, 0.2) is 24.3 Å². The van der Waals surface area contributed by atoms with E-state index >= 15 is 0 Å². The van der Waals surface area contributed by atoms with E-state index in [1.165, 1.54) is 0 Å². The lowest BCUT2D eigenvalue weighted by molar-refractivity contribution is -0.128. The van der Waals surface area contributed by atoms with E-state index in [0.717, 1.165) is 18.5 Å². The number of amides is 3. The molecule has 1 aromatic carbocycles. The number of rotatable bonds is 4. The van der Waals surface area contributed by atoms with E-state index in [2.05, 4.69) is 15.5 Å². The highest BCUT2D eigenvalue weighted by Gasteiger charge is 2.36. The molecule has 2 rings (SSSR count). The Kier molecular flexibility index (Phi) is 5.20. The molecule has 2 N–H and O–H groups in total. The molecule has 1 aliphatic heterocycles. The number of nitrogens with one attached hydrogen (secondary N) is 2. The van der Waals surface area contributed by atoms with Gasteiger partial charge in [0.1, 0.15) is 0 Å². The van der Waals surface area contributed by atoms with Crippen molar-refractivity contribution in [1.29, 1.82) is 0 Å². The fourth-order valence-electron chi connectivity index (χ4n) is 2.49. The second-order valence-corrected chi connectivity index (χ2v) is 5.55. The summed E-state index contributed by atoms with van der Waals surface area (Å²) in [6, 6.07) is 7.08. The van der Waals surface area contributed by atoms with Gasteiger partial charge in [-0.1, -0.05) is 23.7 Å². The highest BCUT2D eigenvalue weighted by Crippen LogP contribution is 2.35. The Morgan fingerprint density at radius 2 is 2.05 bits per heavy atom. The fourth-order valence-corrected chi connectivity index (χ4v) is 2.61. The van der Waals surface area contributed by atoms with Crippen molar-refractivity contribution in [3.05, 3.63) is 34.9 Å². The van der Waals surface area contributed by atoms with Gasteiger partial charge < -0.3 is 5.32 Å². The maximum absolute atomic E-state index is 12.1. The van der Waals surface area contributed by atoms with Gasteiger partial charge in [0, 0.05) is 24.2 Å². The fraction of sp³-hybridized carbons (Fsp3) is 0.467. The van der Waals surface area contributed by atoms with Crippen molar-refractivity contribution >= 4 is 23.5 Å². The van der Waals surface area contributed by atoms with Crippen molar-refractivity contribution in [2.45, 2.75) is 32.4 Å². The third-order valence-corrected chi connectivity index (χ3v) is 4.02. The maximum atomic E-state index is 12.1. The molecule has 1 heterocycles. The van der Waals surface area contributed by atoms with E-state index in [0.29, 0.717) is 11.6 Å². The molecular weight excluding hydrogens is 290 g/mol. The Morgan fingerprint density at radius 3 is 2.57 bits per heavy atom. The van der Waals surface area contributed by atoms with Crippen LogP contribution >= 0.6 is 11.6 Å². The van der Waals surface area contributed by atoms with Crippen molar-refractivity contribution in [2.75, 3.05) is 13.1 Å². The molecule has 0 bridgehead atoms. The normalized spacial score (nSPS) is 19.5. The second-order valence-electron chi connectivity index (χ2n) is 5.12. The van der Waals surface area contributed by atoms with Gasteiger partial charge in [-0.15, -0.1) is 0 Å². The molecule has 3 amide bonds. The van der Waals surface area contributed by atoms with Crippen molar-refractivity contribution in [3.63, 3.8) is 0 Å². The van der Waals surface area contributed by atoms with Crippen LogP contribution in [0.2, 0.25) is 5.02 Å². The number of halogens is 1. The summed E-state index contributed by atoms with van der Waals surface area (Å²) in [5, 5.41) is 5.61. The Labute approximate surface area is 129 Å². The molecule has 1 aromatic rings. The first-order valence-corrected chi connectivity index (χ1v) is 7.50. The molecule has 0 spiro atoms. The molecule has 0 unspecified atom stereocenters. The minimum Gasteiger partial charge on any atom is -0.338 e. The van der Waals surface area contributed by atoms with Crippen molar-refractivity contribution in [3.8, 4) is 0 Å². The van der Waals surface area contributed by atoms with Gasteiger partial charge in [0.2, 0.25) is 5.91 Å². The van der Waals surface area contributed by atoms with Crippen LogP contribution in [0.3, 0.4) is 0 Å². The van der Waals surface area contributed by atoms with E-state index in [1.54, 1.807) is 6.92 Å². The molecule has 0 aromatic heterocycles. The lowest BCUT2D eigenvalue weighted by atomic mass is 9.92. The van der Waals surface area contributed by atoms with Crippen molar-refractivity contribution < 1.29 is 9.59 Å². The first-order valence-electron chi connectivity index (χ1n) is 7.12. The third kappa shape index (κ3) is 3.74. The number of likely N-dealkylation sites (tertiary alicyclic amines) is 1. The minimum atomic E-state index is -0.446. The van der Waals surface area contributed by atoms with Crippen LogP contribution in [-0.4, -0.2) is 36.0 Å². The number of nitrogens with zero attached hydrogens (tertiary/aromatic N) is 1. The molecule has 114 valence electrons. The summed E-state index contributed by atoms with van der Waals surface area (Å²) in [5.74, 6) is -0.278. The van der Waals surface area contributed by atoms with Gasteiger partial charge in [0.15, 0.2) is 0 Å². The largest absolute Gasteiger partial charge is 0.338 e. The van der Waals surface area contributed by atoms with Gasteiger partial charge >= 0.3 is 6.03 Å². The zero-order chi connectivity index (χ0) is 15.4. The highest BCUT2D eigenvalue weighted by atomic mass is 35.5. The van der Waals surface area contributed by atoms with E-state index in [9.17, 15) is 9.59 Å². The molecule has 5 nitrogen and oxygen atoms in total. The van der Waals surface area contributed by atoms with Crippen molar-refractivity contribution in [2.24, 2.45) is 0 Å². The van der Waals surface area contributed by atoms with Gasteiger partial charge in [-0.2, -0.15) is 0 Å². The van der Waals surface area contributed by atoms with Crippen LogP contribution in [0, 0.1) is 0 Å². The van der Waals surface area contributed by atoms with Crippen LogP contribution in [0.4, 0.5) is 4.79 Å². The van der Waals surface area contributed by atoms with Crippen LogP contribution < -0.4 is 10.6 Å². The molecule has 1 saturated heterocycles. The number of urea groups is 1. The van der Waals surface area contributed by atoms with E-state index in [-0.39, 0.29) is 18.0 Å². The number of benzene rings is 1. The first-order chi connectivity index (χ1) is 10.0. The lowest BCUT2D eigenvalue weighted by Crippen LogP contribution is -2.54. The number of carbonyl (C=O) groups excluding carboxylic acids is 2. The Balaban J connectivity index is 1.96. The van der Waals surface area contributed by atoms with Gasteiger partial charge in [-0.3, -0.25) is 15.0 Å². The summed E-state index contributed by atoms with van der Waals surface area (Å²) < 4.78 is 0.